The summed E-state index contributed by atoms with van der Waals surface area (Å²) in [6.45, 7) is 3.49. The van der Waals surface area contributed by atoms with Gasteiger partial charge in [0, 0.05) is 6.54 Å². The zero-order valence-electron chi connectivity index (χ0n) is 11.4. The Morgan fingerprint density at radius 2 is 1.95 bits per heavy atom. The molecule has 2 N–H and O–H groups in total. The molecule has 0 aliphatic carbocycles. The van der Waals surface area contributed by atoms with Crippen molar-refractivity contribution in [2.75, 3.05) is 6.61 Å². The van der Waals surface area contributed by atoms with Gasteiger partial charge in [-0.2, -0.15) is 18.4 Å². The van der Waals surface area contributed by atoms with E-state index in [0.717, 1.165) is 6.07 Å². The lowest BCUT2D eigenvalue weighted by molar-refractivity contribution is -0.139. The molecule has 6 heteroatoms. The van der Waals surface area contributed by atoms with Crippen LogP contribution in [-0.2, 0) is 12.7 Å². The molecule has 110 valence electrons. The third-order valence-electron chi connectivity index (χ3n) is 2.87. The highest BCUT2D eigenvalue weighted by Gasteiger charge is 2.34. The molecule has 0 atom stereocenters. The first-order valence-corrected chi connectivity index (χ1v) is 6.14. The van der Waals surface area contributed by atoms with Gasteiger partial charge in [-0.3, -0.25) is 0 Å². The molecule has 0 unspecified atom stereocenters. The van der Waals surface area contributed by atoms with Gasteiger partial charge in [0.2, 0.25) is 0 Å². The maximum absolute atomic E-state index is 12.9. The molecule has 3 nitrogen and oxygen atoms in total. The Bertz CT molecular complexity index is 504. The number of halogens is 3. The van der Waals surface area contributed by atoms with Gasteiger partial charge in [-0.05, 0) is 38.0 Å². The molecule has 1 aromatic carbocycles. The smallest absolute Gasteiger partial charge is 0.419 e. The van der Waals surface area contributed by atoms with Gasteiger partial charge < -0.3 is 10.5 Å². The first-order chi connectivity index (χ1) is 9.19. The summed E-state index contributed by atoms with van der Waals surface area (Å²) in [6, 6.07) is 5.83. The molecule has 0 spiro atoms. The molecule has 0 radical (unpaired) electrons. The summed E-state index contributed by atoms with van der Waals surface area (Å²) in [6.07, 6.45) is -4.15. The quantitative estimate of drug-likeness (QED) is 0.901. The molecule has 0 fully saturated rings. The molecule has 20 heavy (non-hydrogen) atoms. The van der Waals surface area contributed by atoms with Gasteiger partial charge >= 0.3 is 6.18 Å². The number of rotatable bonds is 5. The summed E-state index contributed by atoms with van der Waals surface area (Å²) in [7, 11) is 0. The van der Waals surface area contributed by atoms with E-state index >= 15 is 0 Å². The van der Waals surface area contributed by atoms with Crippen LogP contribution in [0.25, 0.3) is 0 Å². The van der Waals surface area contributed by atoms with E-state index in [1.54, 1.807) is 13.8 Å². The van der Waals surface area contributed by atoms with E-state index in [9.17, 15) is 13.2 Å². The van der Waals surface area contributed by atoms with Crippen LogP contribution in [0, 0.1) is 16.7 Å². The summed E-state index contributed by atoms with van der Waals surface area (Å²) in [5.41, 5.74) is 4.27. The largest absolute Gasteiger partial charge is 0.493 e. The van der Waals surface area contributed by atoms with E-state index in [1.807, 2.05) is 0 Å². The molecule has 1 aromatic rings. The normalized spacial score (nSPS) is 12.1. The van der Waals surface area contributed by atoms with E-state index < -0.39 is 17.2 Å². The third-order valence-corrected chi connectivity index (χ3v) is 2.87. The van der Waals surface area contributed by atoms with Gasteiger partial charge in [-0.25, -0.2) is 0 Å². The molecule has 0 aliphatic rings. The Kier molecular flexibility index (Phi) is 5.01. The molecule has 1 rings (SSSR count). The van der Waals surface area contributed by atoms with E-state index in [2.05, 4.69) is 6.07 Å². The van der Waals surface area contributed by atoms with Crippen molar-refractivity contribution in [3.05, 3.63) is 29.3 Å². The average Bonchev–Trinajstić information content (AvgIpc) is 2.37. The molecule has 0 heterocycles. The molecule has 0 amide bonds. The molecule has 0 bridgehead atoms. The van der Waals surface area contributed by atoms with Crippen molar-refractivity contribution < 1.29 is 17.9 Å². The number of alkyl halides is 3. The van der Waals surface area contributed by atoms with Gasteiger partial charge in [0.05, 0.1) is 23.7 Å². The van der Waals surface area contributed by atoms with Crippen molar-refractivity contribution in [3.8, 4) is 11.8 Å². The Morgan fingerprint density at radius 3 is 2.45 bits per heavy atom. The lowest BCUT2D eigenvalue weighted by Gasteiger charge is -2.18. The number of nitriles is 1. The second-order valence-electron chi connectivity index (χ2n) is 5.13. The van der Waals surface area contributed by atoms with Crippen molar-refractivity contribution in [2.45, 2.75) is 33.0 Å². The lowest BCUT2D eigenvalue weighted by atomic mass is 9.92. The fraction of sp³-hybridized carbons (Fsp3) is 0.500. The molecular weight excluding hydrogens is 269 g/mol. The van der Waals surface area contributed by atoms with E-state index in [4.69, 9.17) is 15.7 Å². The number of nitrogens with two attached hydrogens (primary N) is 1. The van der Waals surface area contributed by atoms with Crippen LogP contribution in [0.15, 0.2) is 18.2 Å². The van der Waals surface area contributed by atoms with E-state index in [1.165, 1.54) is 12.1 Å². The number of hydrogen-bond acceptors (Lipinski definition) is 3. The summed E-state index contributed by atoms with van der Waals surface area (Å²) < 4.78 is 43.9. The summed E-state index contributed by atoms with van der Waals surface area (Å²) in [5.74, 6) is -0.233. The summed E-state index contributed by atoms with van der Waals surface area (Å²) in [5, 5.41) is 8.84. The van der Waals surface area contributed by atoms with Crippen LogP contribution < -0.4 is 10.5 Å². The minimum atomic E-state index is -4.49. The van der Waals surface area contributed by atoms with Crippen LogP contribution in [0.1, 0.15) is 31.4 Å². The van der Waals surface area contributed by atoms with Crippen molar-refractivity contribution in [1.82, 2.24) is 0 Å². The Balaban J connectivity index is 2.88. The summed E-state index contributed by atoms with van der Waals surface area (Å²) in [4.78, 5) is 0. The predicted molar refractivity (Wildman–Crippen MR) is 68.8 cm³/mol. The van der Waals surface area contributed by atoms with Gasteiger partial charge in [0.1, 0.15) is 5.75 Å². The Hall–Kier alpha value is -1.74. The minimum Gasteiger partial charge on any atom is -0.493 e. The van der Waals surface area contributed by atoms with Crippen LogP contribution in [0.3, 0.4) is 0 Å². The van der Waals surface area contributed by atoms with E-state index in [0.29, 0.717) is 12.0 Å². The second-order valence-corrected chi connectivity index (χ2v) is 5.13. The first-order valence-electron chi connectivity index (χ1n) is 6.14. The number of ether oxygens (including phenoxy) is 1. The Morgan fingerprint density at radius 1 is 1.30 bits per heavy atom. The SMILES string of the molecule is CC(C)(C#N)CCOc1ccc(CN)cc1C(F)(F)F. The van der Waals surface area contributed by atoms with Crippen molar-refractivity contribution in [3.63, 3.8) is 0 Å². The highest BCUT2D eigenvalue weighted by molar-refractivity contribution is 5.39. The molecule has 0 saturated heterocycles. The number of hydrogen-bond donors (Lipinski definition) is 1. The number of nitrogens with zero attached hydrogens (tertiary/aromatic N) is 1. The Labute approximate surface area is 116 Å². The second kappa shape index (κ2) is 6.14. The van der Waals surface area contributed by atoms with Crippen LogP contribution in [0.5, 0.6) is 5.75 Å². The average molecular weight is 286 g/mol. The maximum Gasteiger partial charge on any atom is 0.419 e. The van der Waals surface area contributed by atoms with Gasteiger partial charge in [-0.1, -0.05) is 6.07 Å². The zero-order chi connectivity index (χ0) is 15.4. The standard InChI is InChI=1S/C14H17F3N2O/c1-13(2,9-19)5-6-20-12-4-3-10(8-18)7-11(12)14(15,16)17/h3-4,7H,5-6,8,18H2,1-2H3. The molecule has 0 saturated carbocycles. The van der Waals surface area contributed by atoms with Crippen molar-refractivity contribution in [2.24, 2.45) is 11.1 Å². The third kappa shape index (κ3) is 4.42. The highest BCUT2D eigenvalue weighted by atomic mass is 19.4. The monoisotopic (exact) mass is 286 g/mol. The van der Waals surface area contributed by atoms with E-state index in [-0.39, 0.29) is 18.9 Å². The number of benzene rings is 1. The fourth-order valence-corrected chi connectivity index (χ4v) is 1.52. The topological polar surface area (TPSA) is 59.0 Å². The lowest BCUT2D eigenvalue weighted by Crippen LogP contribution is -2.15. The molecule has 0 aliphatic heterocycles. The molecular formula is C14H17F3N2O. The fourth-order valence-electron chi connectivity index (χ4n) is 1.52. The van der Waals surface area contributed by atoms with Crippen molar-refractivity contribution in [1.29, 1.82) is 5.26 Å². The van der Waals surface area contributed by atoms with Crippen LogP contribution in [0.2, 0.25) is 0 Å². The van der Waals surface area contributed by atoms with Gasteiger partial charge in [-0.15, -0.1) is 0 Å². The maximum atomic E-state index is 12.9. The predicted octanol–water partition coefficient (Wildman–Crippen LogP) is 3.48. The highest BCUT2D eigenvalue weighted by Crippen LogP contribution is 2.37. The van der Waals surface area contributed by atoms with Gasteiger partial charge in [0.25, 0.3) is 0 Å². The van der Waals surface area contributed by atoms with Crippen LogP contribution in [0.4, 0.5) is 13.2 Å². The van der Waals surface area contributed by atoms with Crippen molar-refractivity contribution >= 4 is 0 Å². The first kappa shape index (κ1) is 16.3. The van der Waals surface area contributed by atoms with Crippen LogP contribution >= 0.6 is 0 Å². The van der Waals surface area contributed by atoms with Gasteiger partial charge in [0.15, 0.2) is 0 Å². The zero-order valence-corrected chi connectivity index (χ0v) is 11.4. The summed E-state index contributed by atoms with van der Waals surface area (Å²) >= 11 is 0. The molecule has 0 aromatic heterocycles. The van der Waals surface area contributed by atoms with Crippen LogP contribution in [-0.4, -0.2) is 6.61 Å². The minimum absolute atomic E-state index is 0.0326.